The molecule has 2 rings (SSSR count). The maximum Gasteiger partial charge on any atom is 0.225 e. The first-order valence-electron chi connectivity index (χ1n) is 9.29. The van der Waals surface area contributed by atoms with Gasteiger partial charge in [0.25, 0.3) is 0 Å². The molecule has 0 aliphatic heterocycles. The van der Waals surface area contributed by atoms with E-state index in [9.17, 15) is 4.79 Å². The van der Waals surface area contributed by atoms with Crippen molar-refractivity contribution in [2.75, 3.05) is 7.11 Å². The van der Waals surface area contributed by atoms with E-state index in [0.717, 1.165) is 11.1 Å². The van der Waals surface area contributed by atoms with E-state index in [-0.39, 0.29) is 42.4 Å². The Kier molecular flexibility index (Phi) is 9.29. The van der Waals surface area contributed by atoms with E-state index in [4.69, 9.17) is 15.2 Å². The Balaban J connectivity index is 0.00000392. The molecule has 28 heavy (non-hydrogen) atoms. The molecular formula is C22H31ClN2O3. The molecule has 2 aromatic rings. The van der Waals surface area contributed by atoms with Gasteiger partial charge < -0.3 is 20.5 Å². The summed E-state index contributed by atoms with van der Waals surface area (Å²) >= 11 is 0. The van der Waals surface area contributed by atoms with E-state index in [0.29, 0.717) is 11.5 Å². The molecule has 0 spiro atoms. The number of amides is 1. The lowest BCUT2D eigenvalue weighted by Gasteiger charge is -2.23. The molecule has 0 bridgehead atoms. The second-order valence-corrected chi connectivity index (χ2v) is 7.03. The molecular weight excluding hydrogens is 376 g/mol. The maximum atomic E-state index is 12.7. The van der Waals surface area contributed by atoms with Gasteiger partial charge in [-0.25, -0.2) is 0 Å². The molecule has 0 aromatic heterocycles. The first-order valence-corrected chi connectivity index (χ1v) is 9.29. The highest BCUT2D eigenvalue weighted by Gasteiger charge is 2.24. The minimum Gasteiger partial charge on any atom is -0.493 e. The molecule has 1 amide bonds. The molecule has 0 radical (unpaired) electrons. The van der Waals surface area contributed by atoms with Gasteiger partial charge in [-0.2, -0.15) is 0 Å². The highest BCUT2D eigenvalue weighted by atomic mass is 35.5. The first-order chi connectivity index (χ1) is 12.8. The van der Waals surface area contributed by atoms with E-state index in [1.165, 1.54) is 0 Å². The third kappa shape index (κ3) is 6.14. The molecule has 3 atom stereocenters. The second-order valence-electron chi connectivity index (χ2n) is 7.03. The lowest BCUT2D eigenvalue weighted by Crippen LogP contribution is -2.36. The normalized spacial score (nSPS) is 13.8. The van der Waals surface area contributed by atoms with Crippen molar-refractivity contribution in [3.05, 3.63) is 59.7 Å². The number of ether oxygens (including phenoxy) is 2. The zero-order chi connectivity index (χ0) is 20.0. The van der Waals surface area contributed by atoms with Crippen LogP contribution in [-0.2, 0) is 4.79 Å². The van der Waals surface area contributed by atoms with Crippen molar-refractivity contribution in [3.8, 4) is 11.5 Å². The van der Waals surface area contributed by atoms with Crippen molar-refractivity contribution in [1.82, 2.24) is 5.32 Å². The second kappa shape index (κ2) is 10.9. The van der Waals surface area contributed by atoms with Gasteiger partial charge in [0.1, 0.15) is 0 Å². The molecule has 0 aliphatic rings. The van der Waals surface area contributed by atoms with Crippen molar-refractivity contribution >= 4 is 18.3 Å². The van der Waals surface area contributed by atoms with Gasteiger partial charge in [-0.15, -0.1) is 12.4 Å². The summed E-state index contributed by atoms with van der Waals surface area (Å²) in [6.45, 7) is 7.72. The highest BCUT2D eigenvalue weighted by Crippen LogP contribution is 2.31. The summed E-state index contributed by atoms with van der Waals surface area (Å²) in [5.41, 5.74) is 8.16. The van der Waals surface area contributed by atoms with Crippen LogP contribution in [-0.4, -0.2) is 19.1 Å². The fourth-order valence-electron chi connectivity index (χ4n) is 2.86. The maximum absolute atomic E-state index is 12.7. The molecule has 5 nitrogen and oxygen atoms in total. The van der Waals surface area contributed by atoms with Gasteiger partial charge in [0, 0.05) is 6.04 Å². The number of hydrogen-bond donors (Lipinski definition) is 2. The summed E-state index contributed by atoms with van der Waals surface area (Å²) in [7, 11) is 1.61. The van der Waals surface area contributed by atoms with Crippen LogP contribution in [0, 0.1) is 5.92 Å². The lowest BCUT2D eigenvalue weighted by atomic mass is 9.94. The summed E-state index contributed by atoms with van der Waals surface area (Å²) < 4.78 is 11.2. The van der Waals surface area contributed by atoms with Crippen molar-refractivity contribution in [2.24, 2.45) is 11.7 Å². The summed E-state index contributed by atoms with van der Waals surface area (Å²) in [6, 6.07) is 14.8. The van der Waals surface area contributed by atoms with Gasteiger partial charge >= 0.3 is 0 Å². The van der Waals surface area contributed by atoms with Crippen LogP contribution < -0.4 is 20.5 Å². The topological polar surface area (TPSA) is 73.6 Å². The Hall–Kier alpha value is -2.24. The number of carbonyl (C=O) groups excluding carboxylic acids is 1. The van der Waals surface area contributed by atoms with Crippen LogP contribution >= 0.6 is 12.4 Å². The number of methoxy groups -OCH3 is 1. The number of rotatable bonds is 8. The minimum absolute atomic E-state index is 0. The number of benzene rings is 2. The van der Waals surface area contributed by atoms with Gasteiger partial charge in [0.2, 0.25) is 5.91 Å². The van der Waals surface area contributed by atoms with E-state index in [1.54, 1.807) is 7.11 Å². The largest absolute Gasteiger partial charge is 0.493 e. The number of nitrogens with one attached hydrogen (secondary N) is 1. The van der Waals surface area contributed by atoms with Gasteiger partial charge in [-0.3, -0.25) is 4.79 Å². The van der Waals surface area contributed by atoms with Crippen LogP contribution in [0.2, 0.25) is 0 Å². The van der Waals surface area contributed by atoms with Crippen LogP contribution in [0.5, 0.6) is 11.5 Å². The van der Waals surface area contributed by atoms with Crippen LogP contribution in [0.3, 0.4) is 0 Å². The Morgan fingerprint density at radius 2 is 1.61 bits per heavy atom. The summed E-state index contributed by atoms with van der Waals surface area (Å²) in [5, 5.41) is 3.04. The summed E-state index contributed by atoms with van der Waals surface area (Å²) in [4.78, 5) is 12.7. The van der Waals surface area contributed by atoms with Crippen molar-refractivity contribution < 1.29 is 14.3 Å². The van der Waals surface area contributed by atoms with E-state index in [2.05, 4.69) is 5.32 Å². The minimum atomic E-state index is -0.352. The zero-order valence-corrected chi connectivity index (χ0v) is 18.0. The molecule has 3 N–H and O–H groups in total. The zero-order valence-electron chi connectivity index (χ0n) is 17.1. The van der Waals surface area contributed by atoms with Gasteiger partial charge in [0.15, 0.2) is 11.5 Å². The van der Waals surface area contributed by atoms with Gasteiger partial charge in [-0.05, 0) is 44.0 Å². The smallest absolute Gasteiger partial charge is 0.225 e. The van der Waals surface area contributed by atoms with Crippen molar-refractivity contribution in [1.29, 1.82) is 0 Å². The molecule has 3 unspecified atom stereocenters. The van der Waals surface area contributed by atoms with Crippen LogP contribution in [0.15, 0.2) is 48.5 Å². The molecule has 0 saturated carbocycles. The van der Waals surface area contributed by atoms with Crippen molar-refractivity contribution in [3.63, 3.8) is 0 Å². The number of nitrogens with two attached hydrogens (primary N) is 1. The standard InChI is InChI=1S/C22H30N2O3.ClH/c1-14(2)27-19-12-11-18(13-20(19)26-5)16(4)24-22(25)15(3)21(23)17-9-7-6-8-10-17;/h6-16,21H,23H2,1-5H3,(H,24,25);1H. The average Bonchev–Trinajstić information content (AvgIpc) is 2.67. The SMILES string of the molecule is COc1cc(C(C)NC(=O)C(C)C(N)c2ccccc2)ccc1OC(C)C.Cl. The molecule has 2 aromatic carbocycles. The quantitative estimate of drug-likeness (QED) is 0.680. The number of hydrogen-bond acceptors (Lipinski definition) is 4. The van der Waals surface area contributed by atoms with Crippen LogP contribution in [0.4, 0.5) is 0 Å². The molecule has 0 aliphatic carbocycles. The predicted octanol–water partition coefficient (Wildman–Crippen LogP) is 4.42. The third-order valence-corrected chi connectivity index (χ3v) is 4.55. The molecule has 0 fully saturated rings. The monoisotopic (exact) mass is 406 g/mol. The summed E-state index contributed by atoms with van der Waals surface area (Å²) in [6.07, 6.45) is 0.0576. The highest BCUT2D eigenvalue weighted by molar-refractivity contribution is 5.85. The molecule has 0 saturated heterocycles. The van der Waals surface area contributed by atoms with E-state index >= 15 is 0 Å². The van der Waals surface area contributed by atoms with Gasteiger partial charge in [-0.1, -0.05) is 43.3 Å². The lowest BCUT2D eigenvalue weighted by molar-refractivity contribution is -0.125. The Bertz CT molecular complexity index is 753. The van der Waals surface area contributed by atoms with E-state index < -0.39 is 0 Å². The fourth-order valence-corrected chi connectivity index (χ4v) is 2.86. The predicted molar refractivity (Wildman–Crippen MR) is 115 cm³/mol. The number of carbonyl (C=O) groups is 1. The molecule has 0 heterocycles. The third-order valence-electron chi connectivity index (χ3n) is 4.55. The van der Waals surface area contributed by atoms with Crippen LogP contribution in [0.1, 0.15) is 50.9 Å². The molecule has 154 valence electrons. The first kappa shape index (κ1) is 23.8. The van der Waals surface area contributed by atoms with Gasteiger partial charge in [0.05, 0.1) is 25.2 Å². The number of halogens is 1. The fraction of sp³-hybridized carbons (Fsp3) is 0.409. The molecule has 6 heteroatoms. The Morgan fingerprint density at radius 3 is 2.18 bits per heavy atom. The van der Waals surface area contributed by atoms with Crippen molar-refractivity contribution in [2.45, 2.75) is 45.9 Å². The summed E-state index contributed by atoms with van der Waals surface area (Å²) in [5.74, 6) is 0.909. The van der Waals surface area contributed by atoms with E-state index in [1.807, 2.05) is 76.2 Å². The van der Waals surface area contributed by atoms with Crippen LogP contribution in [0.25, 0.3) is 0 Å². The Morgan fingerprint density at radius 1 is 0.964 bits per heavy atom. The Labute approximate surface area is 174 Å². The average molecular weight is 407 g/mol.